The lowest BCUT2D eigenvalue weighted by molar-refractivity contribution is -0.128. The lowest BCUT2D eigenvalue weighted by atomic mass is 10.2. The van der Waals surface area contributed by atoms with Gasteiger partial charge in [0.05, 0.1) is 22.3 Å². The van der Waals surface area contributed by atoms with Gasteiger partial charge in [0, 0.05) is 7.05 Å². The highest BCUT2D eigenvalue weighted by Crippen LogP contribution is 2.22. The maximum atomic E-state index is 12.1. The van der Waals surface area contributed by atoms with E-state index in [1.165, 1.54) is 4.68 Å². The summed E-state index contributed by atoms with van der Waals surface area (Å²) in [5, 5.41) is 4.11. The molecule has 0 aliphatic heterocycles. The lowest BCUT2D eigenvalue weighted by Crippen LogP contribution is -2.15. The van der Waals surface area contributed by atoms with E-state index in [0.717, 1.165) is 5.69 Å². The summed E-state index contributed by atoms with van der Waals surface area (Å²) in [6.45, 7) is 1.91. The minimum absolute atomic E-state index is 0.290. The van der Waals surface area contributed by atoms with E-state index in [2.05, 4.69) is 21.0 Å². The first-order chi connectivity index (χ1) is 6.97. The minimum atomic E-state index is -2.92. The molecule has 0 unspecified atom stereocenters. The molecule has 1 aromatic heterocycles. The maximum Gasteiger partial charge on any atom is 0.296 e. The Labute approximate surface area is 94.6 Å². The Hall–Kier alpha value is -0.780. The zero-order chi connectivity index (χ0) is 11.6. The molecule has 1 heterocycles. The summed E-state index contributed by atoms with van der Waals surface area (Å²) in [7, 11) is 1.64. The molecule has 0 atom stereocenters. The Morgan fingerprint density at radius 1 is 1.60 bits per heavy atom. The SMILES string of the molecule is CCc1nn(C)c(CC(=O)C(F)F)c1Br. The molecule has 3 nitrogen and oxygen atoms in total. The van der Waals surface area contributed by atoms with Gasteiger partial charge in [0.2, 0.25) is 5.78 Å². The van der Waals surface area contributed by atoms with Crippen molar-refractivity contribution in [3.63, 3.8) is 0 Å². The Morgan fingerprint density at radius 2 is 2.20 bits per heavy atom. The van der Waals surface area contributed by atoms with Crippen molar-refractivity contribution in [3.8, 4) is 0 Å². The summed E-state index contributed by atoms with van der Waals surface area (Å²) in [4.78, 5) is 10.9. The van der Waals surface area contributed by atoms with Crippen LogP contribution >= 0.6 is 15.9 Å². The quantitative estimate of drug-likeness (QED) is 0.847. The van der Waals surface area contributed by atoms with Crippen LogP contribution in [0.1, 0.15) is 18.3 Å². The second-order valence-corrected chi connectivity index (χ2v) is 3.92. The Morgan fingerprint density at radius 3 is 2.60 bits per heavy atom. The molecule has 84 valence electrons. The van der Waals surface area contributed by atoms with Gasteiger partial charge < -0.3 is 0 Å². The van der Waals surface area contributed by atoms with E-state index in [4.69, 9.17) is 0 Å². The topological polar surface area (TPSA) is 34.9 Å². The van der Waals surface area contributed by atoms with Crippen LogP contribution in [0.5, 0.6) is 0 Å². The summed E-state index contributed by atoms with van der Waals surface area (Å²) in [6.07, 6.45) is -2.52. The first-order valence-electron chi connectivity index (χ1n) is 4.48. The number of hydrogen-bond donors (Lipinski definition) is 0. The largest absolute Gasteiger partial charge is 0.296 e. The molecule has 0 saturated carbocycles. The van der Waals surface area contributed by atoms with Crippen molar-refractivity contribution in [3.05, 3.63) is 15.9 Å². The van der Waals surface area contributed by atoms with Gasteiger partial charge in [-0.3, -0.25) is 9.48 Å². The minimum Gasteiger partial charge on any atom is -0.293 e. The molecule has 0 saturated heterocycles. The third-order valence-corrected chi connectivity index (χ3v) is 3.00. The predicted molar refractivity (Wildman–Crippen MR) is 55.0 cm³/mol. The van der Waals surface area contributed by atoms with Crippen LogP contribution in [0.2, 0.25) is 0 Å². The van der Waals surface area contributed by atoms with Gasteiger partial charge in [0.25, 0.3) is 6.43 Å². The standard InChI is InChI=1S/C9H11BrF2N2O/c1-3-5-8(10)6(14(2)13-5)4-7(15)9(11)12/h9H,3-4H2,1-2H3. The van der Waals surface area contributed by atoms with Crippen molar-refractivity contribution in [2.45, 2.75) is 26.2 Å². The second kappa shape index (κ2) is 4.83. The summed E-state index contributed by atoms with van der Waals surface area (Å²) in [5.41, 5.74) is 1.27. The van der Waals surface area contributed by atoms with Crippen LogP contribution < -0.4 is 0 Å². The van der Waals surface area contributed by atoms with Crippen molar-refractivity contribution in [2.24, 2.45) is 7.05 Å². The Kier molecular flexibility index (Phi) is 3.96. The van der Waals surface area contributed by atoms with Crippen molar-refractivity contribution in [2.75, 3.05) is 0 Å². The fourth-order valence-corrected chi connectivity index (χ4v) is 2.01. The zero-order valence-electron chi connectivity index (χ0n) is 8.43. The molecule has 0 fully saturated rings. The number of hydrogen-bond acceptors (Lipinski definition) is 2. The summed E-state index contributed by atoms with van der Waals surface area (Å²) < 4.78 is 26.3. The number of aromatic nitrogens is 2. The van der Waals surface area contributed by atoms with E-state index in [1.807, 2.05) is 6.92 Å². The van der Waals surface area contributed by atoms with E-state index in [1.54, 1.807) is 7.05 Å². The van der Waals surface area contributed by atoms with Crippen LogP contribution in [0.3, 0.4) is 0 Å². The molecule has 0 bridgehead atoms. The fourth-order valence-electron chi connectivity index (χ4n) is 1.25. The van der Waals surface area contributed by atoms with E-state index < -0.39 is 12.2 Å². The molecule has 0 spiro atoms. The highest BCUT2D eigenvalue weighted by molar-refractivity contribution is 9.10. The first kappa shape index (κ1) is 12.3. The fraction of sp³-hybridized carbons (Fsp3) is 0.556. The van der Waals surface area contributed by atoms with Gasteiger partial charge in [-0.2, -0.15) is 5.10 Å². The van der Waals surface area contributed by atoms with Crippen molar-refractivity contribution < 1.29 is 13.6 Å². The van der Waals surface area contributed by atoms with Gasteiger partial charge in [-0.1, -0.05) is 6.92 Å². The highest BCUT2D eigenvalue weighted by atomic mass is 79.9. The molecular formula is C9H11BrF2N2O. The lowest BCUT2D eigenvalue weighted by Gasteiger charge is -2.01. The van der Waals surface area contributed by atoms with E-state index in [0.29, 0.717) is 16.6 Å². The number of ketones is 1. The number of Topliss-reactive ketones (excluding diaryl/α,β-unsaturated/α-hetero) is 1. The molecule has 0 radical (unpaired) electrons. The summed E-state index contributed by atoms with van der Waals surface area (Å²) in [5.74, 6) is -1.08. The smallest absolute Gasteiger partial charge is 0.293 e. The summed E-state index contributed by atoms with van der Waals surface area (Å²) in [6, 6.07) is 0. The number of halogens is 3. The van der Waals surface area contributed by atoms with Crippen molar-refractivity contribution in [1.82, 2.24) is 9.78 Å². The van der Waals surface area contributed by atoms with Gasteiger partial charge in [0.15, 0.2) is 0 Å². The van der Waals surface area contributed by atoms with Gasteiger partial charge in [-0.05, 0) is 22.4 Å². The van der Waals surface area contributed by atoms with Crippen molar-refractivity contribution >= 4 is 21.7 Å². The number of carbonyl (C=O) groups is 1. The molecular weight excluding hydrogens is 270 g/mol. The van der Waals surface area contributed by atoms with Crippen LogP contribution in [0.25, 0.3) is 0 Å². The van der Waals surface area contributed by atoms with Crippen LogP contribution in [0, 0.1) is 0 Å². The Balaban J connectivity index is 2.95. The summed E-state index contributed by atoms with van der Waals surface area (Å²) >= 11 is 3.26. The molecule has 0 aliphatic rings. The molecule has 6 heteroatoms. The molecule has 0 amide bonds. The third-order valence-electron chi connectivity index (χ3n) is 2.09. The van der Waals surface area contributed by atoms with Crippen LogP contribution in [-0.4, -0.2) is 22.0 Å². The number of rotatable bonds is 4. The average molecular weight is 281 g/mol. The number of aryl methyl sites for hydroxylation is 2. The number of alkyl halides is 2. The zero-order valence-corrected chi connectivity index (χ0v) is 10.0. The molecule has 1 aromatic rings. The van der Waals surface area contributed by atoms with E-state index >= 15 is 0 Å². The molecule has 0 N–H and O–H groups in total. The average Bonchev–Trinajstić information content (AvgIpc) is 2.44. The number of carbonyl (C=O) groups excluding carboxylic acids is 1. The van der Waals surface area contributed by atoms with Crippen LogP contribution in [-0.2, 0) is 24.7 Å². The van der Waals surface area contributed by atoms with Crippen LogP contribution in [0.4, 0.5) is 8.78 Å². The van der Waals surface area contributed by atoms with Crippen LogP contribution in [0.15, 0.2) is 4.47 Å². The normalized spacial score (nSPS) is 11.1. The van der Waals surface area contributed by atoms with Gasteiger partial charge in [-0.15, -0.1) is 0 Å². The maximum absolute atomic E-state index is 12.1. The first-order valence-corrected chi connectivity index (χ1v) is 5.27. The predicted octanol–water partition coefficient (Wildman–Crippen LogP) is 2.12. The van der Waals surface area contributed by atoms with E-state index in [9.17, 15) is 13.6 Å². The van der Waals surface area contributed by atoms with E-state index in [-0.39, 0.29) is 6.42 Å². The number of nitrogens with zero attached hydrogens (tertiary/aromatic N) is 2. The second-order valence-electron chi connectivity index (χ2n) is 3.13. The van der Waals surface area contributed by atoms with Crippen molar-refractivity contribution in [1.29, 1.82) is 0 Å². The molecule has 0 aliphatic carbocycles. The molecule has 1 rings (SSSR count). The monoisotopic (exact) mass is 280 g/mol. The highest BCUT2D eigenvalue weighted by Gasteiger charge is 2.21. The third kappa shape index (κ3) is 2.62. The van der Waals surface area contributed by atoms with Gasteiger partial charge in [-0.25, -0.2) is 8.78 Å². The molecule has 15 heavy (non-hydrogen) atoms. The van der Waals surface area contributed by atoms with Gasteiger partial charge >= 0.3 is 0 Å². The Bertz CT molecular complexity index is 376. The molecule has 0 aromatic carbocycles. The van der Waals surface area contributed by atoms with Gasteiger partial charge in [0.1, 0.15) is 0 Å².